The summed E-state index contributed by atoms with van der Waals surface area (Å²) in [4.78, 5) is 0. The van der Waals surface area contributed by atoms with Crippen LogP contribution >= 0.6 is 0 Å². The molecule has 2 heterocycles. The Bertz CT molecular complexity index is 1110. The van der Waals surface area contributed by atoms with E-state index in [0.717, 1.165) is 16.5 Å². The average molecular weight is 476 g/mol. The molecule has 0 bridgehead atoms. The van der Waals surface area contributed by atoms with Gasteiger partial charge in [-0.3, -0.25) is 0 Å². The Morgan fingerprint density at radius 3 is 1.77 bits per heavy atom. The van der Waals surface area contributed by atoms with Crippen LogP contribution in [0.2, 0.25) is 0 Å². The van der Waals surface area contributed by atoms with Gasteiger partial charge in [0.15, 0.2) is 0 Å². The van der Waals surface area contributed by atoms with Crippen molar-refractivity contribution in [3.05, 3.63) is 58.6 Å². The van der Waals surface area contributed by atoms with Crippen molar-refractivity contribution >= 4 is 25.3 Å². The highest BCUT2D eigenvalue weighted by Crippen LogP contribution is 2.48. The minimum atomic E-state index is -0.447. The van der Waals surface area contributed by atoms with Gasteiger partial charge in [-0.15, -0.1) is 0 Å². The molecule has 3 aliphatic rings. The Morgan fingerprint density at radius 1 is 0.800 bits per heavy atom. The molecule has 0 atom stereocenters. The van der Waals surface area contributed by atoms with Gasteiger partial charge >= 0.3 is 14.2 Å². The Morgan fingerprint density at radius 2 is 1.29 bits per heavy atom. The zero-order valence-electron chi connectivity index (χ0n) is 23.8. The number of rotatable bonds is 4. The third-order valence-electron chi connectivity index (χ3n) is 9.02. The first-order valence-electron chi connectivity index (χ1n) is 12.8. The molecule has 0 aromatic heterocycles. The topological polar surface area (TPSA) is 36.9 Å². The quantitative estimate of drug-likeness (QED) is 0.384. The maximum atomic E-state index is 6.40. The second kappa shape index (κ2) is 7.95. The lowest BCUT2D eigenvalue weighted by Crippen LogP contribution is -2.41. The summed E-state index contributed by atoms with van der Waals surface area (Å²) in [5.41, 5.74) is 6.32. The van der Waals surface area contributed by atoms with Crippen LogP contribution in [-0.2, 0) is 24.0 Å². The minimum Gasteiger partial charge on any atom is -0.399 e. The number of allylic oxidation sites excluding steroid dienone is 5. The Balaban J connectivity index is 1.71. The molecule has 4 nitrogen and oxygen atoms in total. The van der Waals surface area contributed by atoms with E-state index < -0.39 is 18.3 Å². The third kappa shape index (κ3) is 4.11. The number of hydrogen-bond acceptors (Lipinski definition) is 4. The van der Waals surface area contributed by atoms with Gasteiger partial charge in [0.25, 0.3) is 0 Å². The first-order chi connectivity index (χ1) is 15.8. The van der Waals surface area contributed by atoms with Gasteiger partial charge in [-0.1, -0.05) is 50.3 Å². The second-order valence-corrected chi connectivity index (χ2v) is 13.0. The highest BCUT2D eigenvalue weighted by Gasteiger charge is 2.54. The SMILES string of the molecule is C=C(C)C(=CC1=C(C)c2ccc(B3OC(C)(C)C(C)(C)O3)cc2C1(C)C)B1OC(C)(C)C(C)(C)O1. The standard InChI is InChI=1S/C29H42B2O4/c1-18(2)24(31-34-28(10,11)29(12,13)35-31)17-22-19(3)21-15-14-20(16-23(21)25(22,4)5)30-32-26(6,7)27(8,9)33-30/h14-17H,1H2,2-13H3. The number of benzene rings is 1. The molecule has 188 valence electrons. The Kier molecular flexibility index (Phi) is 6.01. The maximum absolute atomic E-state index is 6.40. The molecular formula is C29H42B2O4. The molecule has 1 aromatic carbocycles. The predicted molar refractivity (Wildman–Crippen MR) is 147 cm³/mol. The summed E-state index contributed by atoms with van der Waals surface area (Å²) in [6, 6.07) is 6.61. The summed E-state index contributed by atoms with van der Waals surface area (Å²) in [6.45, 7) is 29.8. The van der Waals surface area contributed by atoms with Crippen LogP contribution in [0.15, 0.2) is 47.5 Å². The van der Waals surface area contributed by atoms with Gasteiger partial charge < -0.3 is 18.6 Å². The van der Waals surface area contributed by atoms with Gasteiger partial charge in [0.1, 0.15) is 0 Å². The van der Waals surface area contributed by atoms with Gasteiger partial charge in [0.05, 0.1) is 22.4 Å². The van der Waals surface area contributed by atoms with Gasteiger partial charge in [0.2, 0.25) is 0 Å². The van der Waals surface area contributed by atoms with Gasteiger partial charge in [-0.25, -0.2) is 0 Å². The first-order valence-corrected chi connectivity index (χ1v) is 12.8. The lowest BCUT2D eigenvalue weighted by Gasteiger charge is -2.32. The van der Waals surface area contributed by atoms with Crippen LogP contribution < -0.4 is 5.46 Å². The van der Waals surface area contributed by atoms with Gasteiger partial charge in [-0.2, -0.15) is 0 Å². The normalized spacial score (nSPS) is 25.9. The van der Waals surface area contributed by atoms with Crippen molar-refractivity contribution in [2.75, 3.05) is 0 Å². The number of hydrogen-bond donors (Lipinski definition) is 0. The molecule has 0 unspecified atom stereocenters. The van der Waals surface area contributed by atoms with E-state index >= 15 is 0 Å². The largest absolute Gasteiger partial charge is 0.495 e. The third-order valence-corrected chi connectivity index (χ3v) is 9.02. The molecule has 0 radical (unpaired) electrons. The average Bonchev–Trinajstić information content (AvgIpc) is 3.14. The van der Waals surface area contributed by atoms with Crippen LogP contribution in [0.25, 0.3) is 5.57 Å². The zero-order valence-corrected chi connectivity index (χ0v) is 23.8. The molecule has 0 saturated carbocycles. The van der Waals surface area contributed by atoms with Crippen molar-refractivity contribution in [2.45, 2.75) is 111 Å². The molecule has 0 spiro atoms. The van der Waals surface area contributed by atoms with Crippen molar-refractivity contribution in [2.24, 2.45) is 0 Å². The molecule has 0 amide bonds. The van der Waals surface area contributed by atoms with E-state index in [2.05, 4.69) is 107 Å². The van der Waals surface area contributed by atoms with Crippen molar-refractivity contribution in [3.63, 3.8) is 0 Å². The smallest absolute Gasteiger partial charge is 0.399 e. The van der Waals surface area contributed by atoms with Crippen LogP contribution in [0.5, 0.6) is 0 Å². The van der Waals surface area contributed by atoms with E-state index in [1.807, 2.05) is 6.92 Å². The molecule has 4 rings (SSSR count). The fraction of sp³-hybridized carbons (Fsp3) is 0.586. The van der Waals surface area contributed by atoms with Crippen molar-refractivity contribution in [3.8, 4) is 0 Å². The number of fused-ring (bicyclic) bond motifs is 1. The van der Waals surface area contributed by atoms with Crippen LogP contribution in [0.4, 0.5) is 0 Å². The van der Waals surface area contributed by atoms with E-state index in [9.17, 15) is 0 Å². The van der Waals surface area contributed by atoms with Crippen molar-refractivity contribution in [1.82, 2.24) is 0 Å². The summed E-state index contributed by atoms with van der Waals surface area (Å²) >= 11 is 0. The van der Waals surface area contributed by atoms with E-state index in [4.69, 9.17) is 18.6 Å². The van der Waals surface area contributed by atoms with E-state index in [0.29, 0.717) is 0 Å². The lowest BCUT2D eigenvalue weighted by molar-refractivity contribution is 0.00578. The van der Waals surface area contributed by atoms with Crippen molar-refractivity contribution < 1.29 is 18.6 Å². The van der Waals surface area contributed by atoms with Gasteiger partial charge in [0, 0.05) is 5.41 Å². The fourth-order valence-electron chi connectivity index (χ4n) is 5.10. The molecule has 6 heteroatoms. The van der Waals surface area contributed by atoms with Crippen LogP contribution in [0.3, 0.4) is 0 Å². The Labute approximate surface area is 213 Å². The van der Waals surface area contributed by atoms with E-state index in [1.54, 1.807) is 0 Å². The summed E-state index contributed by atoms with van der Waals surface area (Å²) in [6.07, 6.45) is 2.24. The van der Waals surface area contributed by atoms with Crippen LogP contribution in [0.1, 0.15) is 94.2 Å². The van der Waals surface area contributed by atoms with E-state index in [1.165, 1.54) is 22.3 Å². The molecule has 2 fully saturated rings. The first kappa shape index (κ1) is 26.5. The molecule has 35 heavy (non-hydrogen) atoms. The van der Waals surface area contributed by atoms with Crippen LogP contribution in [0, 0.1) is 0 Å². The maximum Gasteiger partial charge on any atom is 0.495 e. The highest BCUT2D eigenvalue weighted by molar-refractivity contribution is 6.62. The summed E-state index contributed by atoms with van der Waals surface area (Å²) in [5.74, 6) is 0. The summed E-state index contributed by atoms with van der Waals surface area (Å²) in [5, 5.41) is 0. The summed E-state index contributed by atoms with van der Waals surface area (Å²) < 4.78 is 25.5. The Hall–Kier alpha value is -1.59. The predicted octanol–water partition coefficient (Wildman–Crippen LogP) is 6.18. The molecule has 1 aliphatic carbocycles. The molecule has 2 aliphatic heterocycles. The lowest BCUT2D eigenvalue weighted by atomic mass is 9.70. The van der Waals surface area contributed by atoms with E-state index in [-0.39, 0.29) is 23.7 Å². The minimum absolute atomic E-state index is 0.205. The highest BCUT2D eigenvalue weighted by atomic mass is 16.7. The van der Waals surface area contributed by atoms with Gasteiger partial charge in [-0.05, 0) is 102 Å². The molecule has 1 aromatic rings. The van der Waals surface area contributed by atoms with Crippen molar-refractivity contribution in [1.29, 1.82) is 0 Å². The second-order valence-electron chi connectivity index (χ2n) is 13.0. The van der Waals surface area contributed by atoms with Crippen LogP contribution in [-0.4, -0.2) is 36.6 Å². The fourth-order valence-corrected chi connectivity index (χ4v) is 5.10. The molecule has 2 saturated heterocycles. The molecule has 0 N–H and O–H groups in total. The zero-order chi connectivity index (χ0) is 26.4. The molecular weight excluding hydrogens is 434 g/mol. The summed E-state index contributed by atoms with van der Waals surface area (Å²) in [7, 11) is -0.825. The monoisotopic (exact) mass is 476 g/mol.